The summed E-state index contributed by atoms with van der Waals surface area (Å²) in [5, 5.41) is 1.99. The van der Waals surface area contributed by atoms with Crippen molar-refractivity contribution in [2.45, 2.75) is 25.3 Å². The van der Waals surface area contributed by atoms with E-state index in [9.17, 15) is 8.42 Å². The monoisotopic (exact) mass is 402 g/mol. The lowest BCUT2D eigenvalue weighted by Gasteiger charge is -2.13. The highest BCUT2D eigenvalue weighted by Gasteiger charge is 2.15. The average molecular weight is 403 g/mol. The summed E-state index contributed by atoms with van der Waals surface area (Å²) in [5.41, 5.74) is 5.35. The molecule has 0 spiro atoms. The normalized spacial score (nSPS) is 11.7. The largest absolute Gasteiger partial charge is 0.264 e. The van der Waals surface area contributed by atoms with Crippen molar-refractivity contribution in [2.75, 3.05) is 0 Å². The summed E-state index contributed by atoms with van der Waals surface area (Å²) in [7, 11) is -3.58. The number of sulfonamides is 1. The fourth-order valence-electron chi connectivity index (χ4n) is 3.36. The SMILES string of the molecule is Cc1ccc(-c2ccc(CNS(=O)(=O)c3ccc(C)cc3)c3cnccc23)cc1. The van der Waals surface area contributed by atoms with E-state index in [1.54, 1.807) is 36.7 Å². The molecule has 0 fully saturated rings. The van der Waals surface area contributed by atoms with Gasteiger partial charge in [-0.05, 0) is 54.1 Å². The molecule has 0 aliphatic rings. The van der Waals surface area contributed by atoms with Crippen LogP contribution in [0.15, 0.2) is 84.0 Å². The lowest BCUT2D eigenvalue weighted by Crippen LogP contribution is -2.23. The minimum atomic E-state index is -3.58. The summed E-state index contributed by atoms with van der Waals surface area (Å²) in [6, 6.07) is 21.2. The maximum Gasteiger partial charge on any atom is 0.240 e. The van der Waals surface area contributed by atoms with Crippen LogP contribution in [0.25, 0.3) is 21.9 Å². The predicted octanol–water partition coefficient (Wildman–Crippen LogP) is 5.00. The molecule has 0 radical (unpaired) electrons. The van der Waals surface area contributed by atoms with Gasteiger partial charge in [0.1, 0.15) is 0 Å². The lowest BCUT2D eigenvalue weighted by atomic mass is 9.96. The average Bonchev–Trinajstić information content (AvgIpc) is 2.73. The molecule has 0 atom stereocenters. The van der Waals surface area contributed by atoms with Crippen LogP contribution in [-0.2, 0) is 16.6 Å². The number of benzene rings is 3. The molecule has 1 aromatic heterocycles. The summed E-state index contributed by atoms with van der Waals surface area (Å²) in [6.45, 7) is 4.19. The van der Waals surface area contributed by atoms with Gasteiger partial charge in [-0.3, -0.25) is 4.98 Å². The molecular formula is C24H22N2O2S. The number of hydrogen-bond acceptors (Lipinski definition) is 3. The molecule has 0 bridgehead atoms. The summed E-state index contributed by atoms with van der Waals surface area (Å²) in [5.74, 6) is 0. The standard InChI is InChI=1S/C24H22N2O2S/c1-17-3-7-19(8-4-17)22-12-9-20(24-16-25-14-13-23(22)24)15-26-29(27,28)21-10-5-18(2)6-11-21/h3-14,16,26H,15H2,1-2H3. The van der Waals surface area contributed by atoms with Crippen LogP contribution < -0.4 is 4.72 Å². The van der Waals surface area contributed by atoms with Crippen LogP contribution in [0.2, 0.25) is 0 Å². The molecule has 0 saturated heterocycles. The quantitative estimate of drug-likeness (QED) is 0.511. The third-order valence-electron chi connectivity index (χ3n) is 5.05. The molecule has 4 rings (SSSR count). The maximum atomic E-state index is 12.6. The van der Waals surface area contributed by atoms with Gasteiger partial charge in [-0.15, -0.1) is 0 Å². The highest BCUT2D eigenvalue weighted by molar-refractivity contribution is 7.89. The van der Waals surface area contributed by atoms with Crippen molar-refractivity contribution in [3.05, 3.63) is 95.8 Å². The number of hydrogen-bond donors (Lipinski definition) is 1. The van der Waals surface area contributed by atoms with Gasteiger partial charge >= 0.3 is 0 Å². The van der Waals surface area contributed by atoms with E-state index in [0.29, 0.717) is 0 Å². The van der Waals surface area contributed by atoms with Gasteiger partial charge < -0.3 is 0 Å². The van der Waals surface area contributed by atoms with Crippen molar-refractivity contribution in [1.82, 2.24) is 9.71 Å². The minimum Gasteiger partial charge on any atom is -0.264 e. The highest BCUT2D eigenvalue weighted by atomic mass is 32.2. The van der Waals surface area contributed by atoms with Crippen LogP contribution in [0.4, 0.5) is 0 Å². The number of aromatic nitrogens is 1. The van der Waals surface area contributed by atoms with Crippen LogP contribution in [0.1, 0.15) is 16.7 Å². The number of aryl methyl sites for hydroxylation is 2. The number of nitrogens with one attached hydrogen (secondary N) is 1. The first kappa shape index (κ1) is 19.3. The minimum absolute atomic E-state index is 0.201. The molecule has 4 nitrogen and oxygen atoms in total. The van der Waals surface area contributed by atoms with Crippen molar-refractivity contribution < 1.29 is 8.42 Å². The molecule has 3 aromatic carbocycles. The number of fused-ring (bicyclic) bond motifs is 1. The Morgan fingerprint density at radius 1 is 0.793 bits per heavy atom. The van der Waals surface area contributed by atoms with Crippen molar-refractivity contribution >= 4 is 20.8 Å². The lowest BCUT2D eigenvalue weighted by molar-refractivity contribution is 0.581. The van der Waals surface area contributed by atoms with Crippen LogP contribution >= 0.6 is 0 Å². The summed E-state index contributed by atoms with van der Waals surface area (Å²) < 4.78 is 28.0. The first-order chi connectivity index (χ1) is 13.9. The number of pyridine rings is 1. The van der Waals surface area contributed by atoms with E-state index in [2.05, 4.69) is 40.9 Å². The maximum absolute atomic E-state index is 12.6. The zero-order valence-corrected chi connectivity index (χ0v) is 17.2. The second-order valence-corrected chi connectivity index (χ2v) is 8.96. The van der Waals surface area contributed by atoms with E-state index in [1.807, 2.05) is 25.1 Å². The van der Waals surface area contributed by atoms with Gasteiger partial charge in [-0.25, -0.2) is 13.1 Å². The van der Waals surface area contributed by atoms with Crippen LogP contribution in [0.5, 0.6) is 0 Å². The van der Waals surface area contributed by atoms with E-state index in [0.717, 1.165) is 33.0 Å². The first-order valence-electron chi connectivity index (χ1n) is 9.43. The molecule has 29 heavy (non-hydrogen) atoms. The first-order valence-corrected chi connectivity index (χ1v) is 10.9. The van der Waals surface area contributed by atoms with Crippen molar-refractivity contribution in [1.29, 1.82) is 0 Å². The van der Waals surface area contributed by atoms with E-state index < -0.39 is 10.0 Å². The molecule has 1 N–H and O–H groups in total. The third kappa shape index (κ3) is 4.06. The topological polar surface area (TPSA) is 59.1 Å². The summed E-state index contributed by atoms with van der Waals surface area (Å²) in [4.78, 5) is 4.52. The van der Waals surface area contributed by atoms with E-state index in [4.69, 9.17) is 0 Å². The molecule has 1 heterocycles. The van der Waals surface area contributed by atoms with E-state index in [1.165, 1.54) is 5.56 Å². The van der Waals surface area contributed by atoms with Crippen molar-refractivity contribution in [3.63, 3.8) is 0 Å². The molecule has 0 aliphatic carbocycles. The summed E-state index contributed by atoms with van der Waals surface area (Å²) >= 11 is 0. The number of nitrogens with zero attached hydrogens (tertiary/aromatic N) is 1. The Balaban J connectivity index is 1.68. The van der Waals surface area contributed by atoms with Gasteiger partial charge in [0.25, 0.3) is 0 Å². The van der Waals surface area contributed by atoms with Crippen LogP contribution in [0.3, 0.4) is 0 Å². The van der Waals surface area contributed by atoms with Crippen molar-refractivity contribution in [2.24, 2.45) is 0 Å². The van der Waals surface area contributed by atoms with Gasteiger partial charge in [0.2, 0.25) is 10.0 Å². The number of rotatable bonds is 5. The third-order valence-corrected chi connectivity index (χ3v) is 6.47. The molecular weight excluding hydrogens is 380 g/mol. The second kappa shape index (κ2) is 7.78. The molecule has 0 amide bonds. The van der Waals surface area contributed by atoms with Crippen molar-refractivity contribution in [3.8, 4) is 11.1 Å². The van der Waals surface area contributed by atoms with Gasteiger partial charge in [-0.1, -0.05) is 59.7 Å². The smallest absolute Gasteiger partial charge is 0.240 e. The Morgan fingerprint density at radius 2 is 1.45 bits per heavy atom. The molecule has 0 saturated carbocycles. The Hall–Kier alpha value is -3.02. The van der Waals surface area contributed by atoms with Gasteiger partial charge in [0.05, 0.1) is 4.90 Å². The van der Waals surface area contributed by atoms with Crippen LogP contribution in [-0.4, -0.2) is 13.4 Å². The molecule has 0 aliphatic heterocycles. The molecule has 5 heteroatoms. The molecule has 146 valence electrons. The predicted molar refractivity (Wildman–Crippen MR) is 117 cm³/mol. The second-order valence-electron chi connectivity index (χ2n) is 7.20. The van der Waals surface area contributed by atoms with Gasteiger partial charge in [0.15, 0.2) is 0 Å². The van der Waals surface area contributed by atoms with Crippen LogP contribution in [0, 0.1) is 13.8 Å². The van der Waals surface area contributed by atoms with Gasteiger partial charge in [0, 0.05) is 24.3 Å². The van der Waals surface area contributed by atoms with E-state index >= 15 is 0 Å². The molecule has 4 aromatic rings. The molecule has 0 unspecified atom stereocenters. The van der Waals surface area contributed by atoms with Gasteiger partial charge in [-0.2, -0.15) is 0 Å². The summed E-state index contributed by atoms with van der Waals surface area (Å²) in [6.07, 6.45) is 3.56. The fourth-order valence-corrected chi connectivity index (χ4v) is 4.37. The zero-order chi connectivity index (χ0) is 20.4. The van der Waals surface area contributed by atoms with E-state index in [-0.39, 0.29) is 11.4 Å². The Morgan fingerprint density at radius 3 is 2.14 bits per heavy atom. The zero-order valence-electron chi connectivity index (χ0n) is 16.4. The Labute approximate surface area is 171 Å². The fraction of sp³-hybridized carbons (Fsp3) is 0.125. The highest BCUT2D eigenvalue weighted by Crippen LogP contribution is 2.30. The Bertz CT molecular complexity index is 1260. The Kier molecular flexibility index (Phi) is 5.18.